The Morgan fingerprint density at radius 1 is 1.05 bits per heavy atom. The van der Waals surface area contributed by atoms with E-state index in [1.807, 2.05) is 6.92 Å². The average Bonchev–Trinajstić information content (AvgIpc) is 2.55. The second kappa shape index (κ2) is 7.02. The number of nitrogens with zero attached hydrogens (tertiary/aromatic N) is 1. The first-order valence-electron chi connectivity index (χ1n) is 7.42. The summed E-state index contributed by atoms with van der Waals surface area (Å²) in [7, 11) is 0. The molecule has 0 fully saturated rings. The van der Waals surface area contributed by atoms with Gasteiger partial charge in [0.2, 0.25) is 0 Å². The van der Waals surface area contributed by atoms with Crippen molar-refractivity contribution in [3.05, 3.63) is 65.5 Å². The fraction of sp³-hybridized carbons (Fsp3) is 0.333. The highest BCUT2D eigenvalue weighted by Gasteiger charge is 2.11. The number of amides is 1. The van der Waals surface area contributed by atoms with Crippen molar-refractivity contribution in [2.24, 2.45) is 0 Å². The van der Waals surface area contributed by atoms with Crippen LogP contribution in [0.4, 0.5) is 0 Å². The summed E-state index contributed by atoms with van der Waals surface area (Å²) in [6.07, 6.45) is 4.38. The van der Waals surface area contributed by atoms with Crippen molar-refractivity contribution in [2.75, 3.05) is 0 Å². The lowest BCUT2D eigenvalue weighted by Gasteiger charge is -2.16. The Bertz CT molecular complexity index is 578. The topological polar surface area (TPSA) is 42.0 Å². The molecule has 0 radical (unpaired) electrons. The molecule has 2 atom stereocenters. The maximum atomic E-state index is 12.1. The largest absolute Gasteiger partial charge is 0.346 e. The second-order valence-corrected chi connectivity index (χ2v) is 5.41. The Kier molecular flexibility index (Phi) is 5.09. The van der Waals surface area contributed by atoms with Crippen LogP contribution in [0.5, 0.6) is 0 Å². The Balaban J connectivity index is 2.03. The number of hydrogen-bond donors (Lipinski definition) is 1. The van der Waals surface area contributed by atoms with Gasteiger partial charge in [-0.15, -0.1) is 0 Å². The van der Waals surface area contributed by atoms with Gasteiger partial charge in [0.15, 0.2) is 0 Å². The first kappa shape index (κ1) is 15.2. The molecular formula is C18H22N2O. The normalized spacial score (nSPS) is 13.5. The summed E-state index contributed by atoms with van der Waals surface area (Å²) < 4.78 is 0. The first-order chi connectivity index (χ1) is 10.1. The summed E-state index contributed by atoms with van der Waals surface area (Å²) in [4.78, 5) is 16.0. The maximum absolute atomic E-state index is 12.1. The molecule has 2 aromatic rings. The molecule has 0 saturated carbocycles. The predicted molar refractivity (Wildman–Crippen MR) is 85.3 cm³/mol. The summed E-state index contributed by atoms with van der Waals surface area (Å²) in [6.45, 7) is 6.41. The molecule has 110 valence electrons. The van der Waals surface area contributed by atoms with E-state index in [9.17, 15) is 4.79 Å². The molecule has 0 aliphatic carbocycles. The van der Waals surface area contributed by atoms with Crippen LogP contribution in [0, 0.1) is 0 Å². The molecule has 1 aromatic heterocycles. The molecule has 21 heavy (non-hydrogen) atoms. The molecule has 0 saturated heterocycles. The van der Waals surface area contributed by atoms with E-state index in [2.05, 4.69) is 48.4 Å². The predicted octanol–water partition coefficient (Wildman–Crippen LogP) is 4.09. The lowest BCUT2D eigenvalue weighted by molar-refractivity contribution is 0.0940. The SMILES string of the molecule is CC[C@@H](C)c1ccc([C@H](C)NC(=O)c2ccncc2)cc1. The minimum Gasteiger partial charge on any atom is -0.346 e. The zero-order valence-electron chi connectivity index (χ0n) is 12.8. The van der Waals surface area contributed by atoms with E-state index in [1.165, 1.54) is 5.56 Å². The molecule has 1 heterocycles. The Morgan fingerprint density at radius 3 is 2.19 bits per heavy atom. The highest BCUT2D eigenvalue weighted by molar-refractivity contribution is 5.94. The van der Waals surface area contributed by atoms with Gasteiger partial charge < -0.3 is 5.32 Å². The maximum Gasteiger partial charge on any atom is 0.251 e. The van der Waals surface area contributed by atoms with Gasteiger partial charge in [0.25, 0.3) is 5.91 Å². The van der Waals surface area contributed by atoms with E-state index in [-0.39, 0.29) is 11.9 Å². The van der Waals surface area contributed by atoms with Crippen LogP contribution < -0.4 is 5.32 Å². The van der Waals surface area contributed by atoms with Gasteiger partial charge >= 0.3 is 0 Å². The molecule has 3 heteroatoms. The zero-order chi connectivity index (χ0) is 15.2. The minimum atomic E-state index is -0.0732. The fourth-order valence-electron chi connectivity index (χ4n) is 2.22. The van der Waals surface area contributed by atoms with Gasteiger partial charge in [-0.3, -0.25) is 9.78 Å². The quantitative estimate of drug-likeness (QED) is 0.897. The van der Waals surface area contributed by atoms with Gasteiger partial charge in [-0.05, 0) is 42.5 Å². The summed E-state index contributed by atoms with van der Waals surface area (Å²) in [5.74, 6) is 0.497. The number of carbonyl (C=O) groups is 1. The summed E-state index contributed by atoms with van der Waals surface area (Å²) in [6, 6.07) is 11.9. The van der Waals surface area contributed by atoms with E-state index in [0.29, 0.717) is 11.5 Å². The van der Waals surface area contributed by atoms with Crippen LogP contribution in [0.1, 0.15) is 60.6 Å². The van der Waals surface area contributed by atoms with Crippen molar-refractivity contribution >= 4 is 5.91 Å². The van der Waals surface area contributed by atoms with E-state index in [4.69, 9.17) is 0 Å². The highest BCUT2D eigenvalue weighted by Crippen LogP contribution is 2.21. The number of rotatable bonds is 5. The summed E-state index contributed by atoms with van der Waals surface area (Å²) in [5, 5.41) is 3.01. The number of pyridine rings is 1. The molecule has 0 aliphatic rings. The molecule has 1 N–H and O–H groups in total. The van der Waals surface area contributed by atoms with Crippen LogP contribution in [0.2, 0.25) is 0 Å². The molecular weight excluding hydrogens is 260 g/mol. The third-order valence-electron chi connectivity index (χ3n) is 3.91. The summed E-state index contributed by atoms with van der Waals surface area (Å²) >= 11 is 0. The van der Waals surface area contributed by atoms with E-state index >= 15 is 0 Å². The third-order valence-corrected chi connectivity index (χ3v) is 3.91. The molecule has 0 unspecified atom stereocenters. The van der Waals surface area contributed by atoms with Gasteiger partial charge in [0.1, 0.15) is 0 Å². The van der Waals surface area contributed by atoms with E-state index in [1.54, 1.807) is 24.5 Å². The van der Waals surface area contributed by atoms with Crippen LogP contribution in [-0.2, 0) is 0 Å². The Morgan fingerprint density at radius 2 is 1.62 bits per heavy atom. The van der Waals surface area contributed by atoms with Gasteiger partial charge in [0, 0.05) is 18.0 Å². The number of nitrogens with one attached hydrogen (secondary N) is 1. The highest BCUT2D eigenvalue weighted by atomic mass is 16.1. The first-order valence-corrected chi connectivity index (χ1v) is 7.42. The monoisotopic (exact) mass is 282 g/mol. The molecule has 3 nitrogen and oxygen atoms in total. The molecule has 0 spiro atoms. The molecule has 1 aromatic carbocycles. The molecule has 2 rings (SSSR count). The smallest absolute Gasteiger partial charge is 0.251 e. The fourth-order valence-corrected chi connectivity index (χ4v) is 2.22. The molecule has 1 amide bonds. The second-order valence-electron chi connectivity index (χ2n) is 5.41. The minimum absolute atomic E-state index is 0.0170. The van der Waals surface area contributed by atoms with Crippen molar-refractivity contribution in [3.63, 3.8) is 0 Å². The van der Waals surface area contributed by atoms with Crippen molar-refractivity contribution in [1.29, 1.82) is 0 Å². The lowest BCUT2D eigenvalue weighted by atomic mass is 9.96. The van der Waals surface area contributed by atoms with Gasteiger partial charge in [-0.25, -0.2) is 0 Å². The van der Waals surface area contributed by atoms with Gasteiger partial charge in [-0.2, -0.15) is 0 Å². The number of aromatic nitrogens is 1. The Labute approximate surface area is 126 Å². The van der Waals surface area contributed by atoms with Crippen LogP contribution in [0.25, 0.3) is 0 Å². The zero-order valence-corrected chi connectivity index (χ0v) is 12.8. The molecule has 0 bridgehead atoms. The number of benzene rings is 1. The van der Waals surface area contributed by atoms with Crippen molar-refractivity contribution in [2.45, 2.75) is 39.2 Å². The van der Waals surface area contributed by atoms with E-state index in [0.717, 1.165) is 12.0 Å². The van der Waals surface area contributed by atoms with E-state index < -0.39 is 0 Å². The van der Waals surface area contributed by atoms with Crippen molar-refractivity contribution in [1.82, 2.24) is 10.3 Å². The van der Waals surface area contributed by atoms with Crippen molar-refractivity contribution < 1.29 is 4.79 Å². The third kappa shape index (κ3) is 3.91. The lowest BCUT2D eigenvalue weighted by Crippen LogP contribution is -2.26. The Hall–Kier alpha value is -2.16. The van der Waals surface area contributed by atoms with Crippen LogP contribution >= 0.6 is 0 Å². The molecule has 0 aliphatic heterocycles. The average molecular weight is 282 g/mol. The summed E-state index contributed by atoms with van der Waals surface area (Å²) in [5.41, 5.74) is 3.09. The number of hydrogen-bond acceptors (Lipinski definition) is 2. The van der Waals surface area contributed by atoms with Crippen LogP contribution in [-0.4, -0.2) is 10.9 Å². The van der Waals surface area contributed by atoms with Crippen LogP contribution in [0.3, 0.4) is 0 Å². The van der Waals surface area contributed by atoms with Gasteiger partial charge in [0.05, 0.1) is 6.04 Å². The van der Waals surface area contributed by atoms with Crippen LogP contribution in [0.15, 0.2) is 48.8 Å². The van der Waals surface area contributed by atoms with Gasteiger partial charge in [-0.1, -0.05) is 38.1 Å². The number of carbonyl (C=O) groups excluding carboxylic acids is 1. The van der Waals surface area contributed by atoms with Crippen molar-refractivity contribution in [3.8, 4) is 0 Å². The standard InChI is InChI=1S/C18H22N2O/c1-4-13(2)15-5-7-16(8-6-15)14(3)20-18(21)17-9-11-19-12-10-17/h5-14H,4H2,1-3H3,(H,20,21)/t13-,14+/m1/s1.